The summed E-state index contributed by atoms with van der Waals surface area (Å²) in [4.78, 5) is 61.7. The van der Waals surface area contributed by atoms with Crippen molar-refractivity contribution in [3.05, 3.63) is 381 Å². The summed E-state index contributed by atoms with van der Waals surface area (Å²) >= 11 is 18.3. The van der Waals surface area contributed by atoms with Crippen molar-refractivity contribution in [2.75, 3.05) is 26.4 Å². The van der Waals surface area contributed by atoms with Crippen molar-refractivity contribution >= 4 is 102 Å². The van der Waals surface area contributed by atoms with Crippen LogP contribution in [0.2, 0.25) is 15.1 Å². The molecule has 4 N–H and O–H groups in total. The number of para-hydroxylation sites is 6. The van der Waals surface area contributed by atoms with E-state index < -0.39 is 50.3 Å². The Morgan fingerprint density at radius 1 is 0.250 bits per heavy atom. The minimum absolute atomic E-state index is 0.158. The average Bonchev–Trinajstić information content (AvgIpc) is 0.841. The van der Waals surface area contributed by atoms with Gasteiger partial charge in [0.25, 0.3) is 0 Å². The first kappa shape index (κ1) is 90.4. The Hall–Kier alpha value is -15.4. The molecular formula is C101H83Cl3N4O20. The molecule has 0 aliphatic carbocycles. The number of aryl methyl sites for hydroxylation is 1. The van der Waals surface area contributed by atoms with Crippen LogP contribution in [0.5, 0.6) is 69.0 Å². The fourth-order valence-electron chi connectivity index (χ4n) is 12.6. The zero-order valence-corrected chi connectivity index (χ0v) is 71.0. The van der Waals surface area contributed by atoms with E-state index in [1.165, 1.54) is 0 Å². The number of aromatic nitrogens is 4. The number of aliphatic carboxylic acids is 4. The van der Waals surface area contributed by atoms with Gasteiger partial charge >= 0.3 is 23.9 Å². The number of carboxylic acid groups (broad SMARTS) is 4. The van der Waals surface area contributed by atoms with Gasteiger partial charge in [0.15, 0.2) is 26.4 Å². The number of hydrogen-bond acceptors (Lipinski definition) is 20. The molecule has 16 aromatic rings. The zero-order valence-electron chi connectivity index (χ0n) is 68.8. The molecule has 0 radical (unpaired) electrons. The van der Waals surface area contributed by atoms with Gasteiger partial charge in [-0.3, -0.25) is 0 Å². The van der Waals surface area contributed by atoms with E-state index >= 15 is 0 Å². The Kier molecular flexibility index (Phi) is 32.4. The highest BCUT2D eigenvalue weighted by Crippen LogP contribution is 2.34. The highest BCUT2D eigenvalue weighted by Gasteiger charge is 2.17. The predicted octanol–water partition coefficient (Wildman–Crippen LogP) is 21.7. The Bertz CT molecular complexity index is 6230. The highest BCUT2D eigenvalue weighted by molar-refractivity contribution is 6.32. The van der Waals surface area contributed by atoms with Crippen LogP contribution in [0, 0.1) is 6.92 Å². The van der Waals surface area contributed by atoms with Crippen LogP contribution in [0.15, 0.2) is 315 Å². The molecule has 648 valence electrons. The molecule has 0 unspecified atom stereocenters. The molecule has 4 aromatic heterocycles. The monoisotopic (exact) mass is 1780 g/mol. The smallest absolute Gasteiger partial charge is 0.341 e. The van der Waals surface area contributed by atoms with E-state index in [-0.39, 0.29) is 26.4 Å². The summed E-state index contributed by atoms with van der Waals surface area (Å²) in [6.45, 7) is 2.26. The van der Waals surface area contributed by atoms with Gasteiger partial charge in [-0.1, -0.05) is 174 Å². The summed E-state index contributed by atoms with van der Waals surface area (Å²) in [6.07, 6.45) is 0. The van der Waals surface area contributed by atoms with Crippen LogP contribution in [0.1, 0.15) is 50.6 Å². The average molecular weight is 1780 g/mol. The summed E-state index contributed by atoms with van der Waals surface area (Å²) in [6, 6.07) is 97.5. The number of rotatable bonds is 36. The third-order valence-electron chi connectivity index (χ3n) is 18.8. The first-order valence-corrected chi connectivity index (χ1v) is 41.1. The number of benzene rings is 12. The number of pyridine rings is 4. The molecule has 128 heavy (non-hydrogen) atoms. The molecular weight excluding hydrogens is 1700 g/mol. The Morgan fingerprint density at radius 3 is 0.883 bits per heavy atom. The van der Waals surface area contributed by atoms with Crippen molar-refractivity contribution in [3.8, 4) is 69.0 Å². The van der Waals surface area contributed by atoms with Crippen molar-refractivity contribution in [2.24, 2.45) is 0 Å². The molecule has 24 nitrogen and oxygen atoms in total. The van der Waals surface area contributed by atoms with Gasteiger partial charge in [0.05, 0.1) is 49.9 Å². The van der Waals surface area contributed by atoms with Gasteiger partial charge in [-0.05, 0) is 176 Å². The van der Waals surface area contributed by atoms with E-state index in [0.717, 1.165) is 77.5 Å². The lowest BCUT2D eigenvalue weighted by Gasteiger charge is -2.14. The number of ether oxygens (including phenoxy) is 12. The van der Waals surface area contributed by atoms with E-state index in [4.69, 9.17) is 112 Å². The third-order valence-corrected chi connectivity index (χ3v) is 19.5. The van der Waals surface area contributed by atoms with Gasteiger partial charge in [-0.25, -0.2) is 39.1 Å². The topological polar surface area (TPSA) is 312 Å². The van der Waals surface area contributed by atoms with E-state index in [0.29, 0.717) is 127 Å². The number of hydrogen-bond donors (Lipinski definition) is 4. The third kappa shape index (κ3) is 27.8. The minimum Gasteiger partial charge on any atom is -0.489 e. The van der Waals surface area contributed by atoms with E-state index in [1.54, 1.807) is 78.9 Å². The van der Waals surface area contributed by atoms with E-state index in [9.17, 15) is 19.2 Å². The molecule has 0 saturated heterocycles. The molecule has 0 bridgehead atoms. The summed E-state index contributed by atoms with van der Waals surface area (Å²) < 4.78 is 68.2. The normalized spacial score (nSPS) is 10.7. The summed E-state index contributed by atoms with van der Waals surface area (Å²) in [5.74, 6) is 2.64. The lowest BCUT2D eigenvalue weighted by molar-refractivity contribution is -0.140. The van der Waals surface area contributed by atoms with Gasteiger partial charge in [-0.15, -0.1) is 0 Å². The lowest BCUT2D eigenvalue weighted by atomic mass is 10.1. The first-order chi connectivity index (χ1) is 62.3. The highest BCUT2D eigenvalue weighted by atomic mass is 35.5. The predicted molar refractivity (Wildman–Crippen MR) is 485 cm³/mol. The molecule has 4 heterocycles. The SMILES string of the molecule is Cc1cccc(COc2ccc(OCc3ccc4ccccc4n3)cc2)c1OCC(=O)O.O=C(O)COc1c(Cl)cccc1COc1cccc(OCc2ccc3ccccc3n2)c1.O=C(O)COc1ccc(Cl)cc1COc1ccc(OCc2ccc3ccccc3n2)cc1.O=C(O)COc1ccc(Cl)cc1COc1cccc(OCc2ccc3ccccc3n2)c1. The Labute approximate surface area is 750 Å². The lowest BCUT2D eigenvalue weighted by Crippen LogP contribution is -2.12. The second kappa shape index (κ2) is 45.8. The standard InChI is InChI=1S/C26H23NO5.3C25H20ClNO5/c1-18-5-4-7-20(26(18)32-17-25(28)29)15-30-22-11-13-23(14-12-22)31-16-21-10-9-19-6-2-3-8-24(19)27-21;26-22-9-3-6-18(25(22)32-16-24(28)29)14-30-20-7-4-8-21(13-20)31-15-19-12-11-17-5-1-2-10-23(17)27-19;26-19-9-11-24(32-16-25(28)29)18(12-19)14-30-21-5-3-6-22(13-21)31-15-20-10-8-17-4-1-2-7-23(17)27-20;26-19-6-12-24(32-16-25(28)29)18(13-19)14-30-21-8-10-22(11-9-21)31-15-20-7-5-17-3-1-2-4-23(17)27-20/h2-14H,15-17H2,1H3,(H,28,29);3*1-13H,14-16H2,(H,28,29). The van der Waals surface area contributed by atoms with Gasteiger partial charge in [0.2, 0.25) is 0 Å². The molecule has 0 amide bonds. The molecule has 0 saturated carbocycles. The molecule has 0 atom stereocenters. The zero-order chi connectivity index (χ0) is 89.4. The maximum Gasteiger partial charge on any atom is 0.341 e. The maximum atomic E-state index is 10.8. The van der Waals surface area contributed by atoms with Crippen LogP contribution < -0.4 is 56.8 Å². The van der Waals surface area contributed by atoms with E-state index in [1.807, 2.05) is 244 Å². The molecule has 0 aliphatic heterocycles. The van der Waals surface area contributed by atoms with Crippen LogP contribution in [-0.2, 0) is 72.0 Å². The van der Waals surface area contributed by atoms with Crippen molar-refractivity contribution in [1.82, 2.24) is 19.9 Å². The number of halogens is 3. The van der Waals surface area contributed by atoms with Crippen molar-refractivity contribution in [2.45, 2.75) is 59.8 Å². The Balaban J connectivity index is 0.000000146. The molecule has 0 aliphatic rings. The van der Waals surface area contributed by atoms with Gasteiger partial charge in [0, 0.05) is 66.0 Å². The van der Waals surface area contributed by atoms with E-state index in [2.05, 4.69) is 19.9 Å². The summed E-state index contributed by atoms with van der Waals surface area (Å²) in [5, 5.41) is 41.1. The molecule has 12 aromatic carbocycles. The van der Waals surface area contributed by atoms with Crippen LogP contribution in [0.25, 0.3) is 43.6 Å². The second-order valence-corrected chi connectivity index (χ2v) is 29.5. The summed E-state index contributed by atoms with van der Waals surface area (Å²) in [7, 11) is 0. The van der Waals surface area contributed by atoms with Crippen molar-refractivity contribution < 1.29 is 96.4 Å². The van der Waals surface area contributed by atoms with Gasteiger partial charge in [-0.2, -0.15) is 0 Å². The Morgan fingerprint density at radius 2 is 0.531 bits per heavy atom. The number of nitrogens with zero attached hydrogens (tertiary/aromatic N) is 4. The second-order valence-electron chi connectivity index (χ2n) is 28.2. The fraction of sp³-hybridized carbons (Fsp3) is 0.129. The van der Waals surface area contributed by atoms with Crippen LogP contribution in [0.3, 0.4) is 0 Å². The van der Waals surface area contributed by atoms with Crippen LogP contribution >= 0.6 is 34.8 Å². The quantitative estimate of drug-likeness (QED) is 0.0283. The van der Waals surface area contributed by atoms with Crippen LogP contribution in [0.4, 0.5) is 0 Å². The van der Waals surface area contributed by atoms with Gasteiger partial charge in [0.1, 0.15) is 122 Å². The minimum atomic E-state index is -1.08. The van der Waals surface area contributed by atoms with Crippen molar-refractivity contribution in [1.29, 1.82) is 0 Å². The number of fused-ring (bicyclic) bond motifs is 4. The van der Waals surface area contributed by atoms with Crippen LogP contribution in [-0.4, -0.2) is 90.7 Å². The summed E-state index contributed by atoms with van der Waals surface area (Å²) in [5.41, 5.74) is 10.7. The molecule has 0 spiro atoms. The number of carbonyl (C=O) groups is 4. The van der Waals surface area contributed by atoms with Gasteiger partial charge < -0.3 is 77.3 Å². The molecule has 27 heteroatoms. The van der Waals surface area contributed by atoms with Crippen molar-refractivity contribution in [3.63, 3.8) is 0 Å². The molecule has 16 rings (SSSR count). The maximum absolute atomic E-state index is 10.8. The number of carboxylic acids is 4. The molecule has 0 fully saturated rings. The first-order valence-electron chi connectivity index (χ1n) is 39.9. The fourth-order valence-corrected chi connectivity index (χ4v) is 13.3. The largest absolute Gasteiger partial charge is 0.489 e.